The molecule has 0 spiro atoms. The van der Waals surface area contributed by atoms with Gasteiger partial charge in [0.2, 0.25) is 0 Å². The van der Waals surface area contributed by atoms with Gasteiger partial charge in [-0.25, -0.2) is 9.97 Å². The van der Waals surface area contributed by atoms with E-state index in [2.05, 4.69) is 55.2 Å². The molecule has 1 heterocycles. The smallest absolute Gasteiger partial charge is 0.131 e. The second kappa shape index (κ2) is 7.35. The van der Waals surface area contributed by atoms with E-state index < -0.39 is 0 Å². The number of benzene rings is 1. The molecule has 0 fully saturated rings. The molecule has 0 bridgehead atoms. The Bertz CT molecular complexity index is 536. The van der Waals surface area contributed by atoms with E-state index in [9.17, 15) is 0 Å². The first-order chi connectivity index (χ1) is 9.29. The lowest BCUT2D eigenvalue weighted by Crippen LogP contribution is -2.07. The maximum atomic E-state index is 4.20. The van der Waals surface area contributed by atoms with E-state index >= 15 is 0 Å². The minimum atomic E-state index is 0.713. The van der Waals surface area contributed by atoms with Gasteiger partial charge < -0.3 is 10.6 Å². The molecule has 1 aromatic heterocycles. The Morgan fingerprint density at radius 2 is 1.84 bits per heavy atom. The molecule has 6 heteroatoms. The highest BCUT2D eigenvalue weighted by molar-refractivity contribution is 9.10. The number of thiol groups is 1. The van der Waals surface area contributed by atoms with Crippen molar-refractivity contribution in [2.75, 3.05) is 22.9 Å². The molecular formula is C13H15BrN4S. The molecule has 4 nitrogen and oxygen atoms in total. The summed E-state index contributed by atoms with van der Waals surface area (Å²) in [7, 11) is 0. The number of nitrogens with zero attached hydrogens (tertiary/aromatic N) is 2. The Balaban J connectivity index is 1.98. The lowest BCUT2D eigenvalue weighted by atomic mass is 10.2. The number of hydrogen-bond donors (Lipinski definition) is 3. The molecular weight excluding hydrogens is 324 g/mol. The van der Waals surface area contributed by atoms with Crippen LogP contribution in [-0.4, -0.2) is 22.3 Å². The molecule has 19 heavy (non-hydrogen) atoms. The maximum Gasteiger partial charge on any atom is 0.131 e. The fraction of sp³-hybridized carbons (Fsp3) is 0.231. The molecule has 0 atom stereocenters. The zero-order chi connectivity index (χ0) is 13.5. The molecule has 0 unspecified atom stereocenters. The van der Waals surface area contributed by atoms with E-state index in [0.717, 1.165) is 28.4 Å². The normalized spacial score (nSPS) is 10.2. The maximum absolute atomic E-state index is 4.20. The zero-order valence-electron chi connectivity index (χ0n) is 10.3. The highest BCUT2D eigenvalue weighted by Gasteiger charge is 2.01. The summed E-state index contributed by atoms with van der Waals surface area (Å²) in [4.78, 5) is 8.34. The summed E-state index contributed by atoms with van der Waals surface area (Å²) >= 11 is 7.68. The molecule has 0 aliphatic carbocycles. The Hall–Kier alpha value is -1.27. The van der Waals surface area contributed by atoms with Crippen LogP contribution in [-0.2, 0) is 6.54 Å². The van der Waals surface area contributed by atoms with E-state index in [-0.39, 0.29) is 0 Å². The SMILES string of the molecule is SCCNc1cc(NCc2ccccc2Br)ncn1. The number of nitrogens with one attached hydrogen (secondary N) is 2. The van der Waals surface area contributed by atoms with E-state index in [0.29, 0.717) is 6.54 Å². The molecule has 0 amide bonds. The first kappa shape index (κ1) is 14.1. The van der Waals surface area contributed by atoms with Gasteiger partial charge in [-0.15, -0.1) is 0 Å². The summed E-state index contributed by atoms with van der Waals surface area (Å²) in [6.07, 6.45) is 1.54. The number of hydrogen-bond acceptors (Lipinski definition) is 5. The van der Waals surface area contributed by atoms with E-state index in [4.69, 9.17) is 0 Å². The van der Waals surface area contributed by atoms with Crippen LogP contribution in [0, 0.1) is 0 Å². The number of rotatable bonds is 6. The summed E-state index contributed by atoms with van der Waals surface area (Å²) < 4.78 is 1.09. The van der Waals surface area contributed by atoms with E-state index in [1.165, 1.54) is 5.56 Å². The van der Waals surface area contributed by atoms with Crippen molar-refractivity contribution in [3.05, 3.63) is 46.7 Å². The third-order valence-electron chi connectivity index (χ3n) is 2.50. The highest BCUT2D eigenvalue weighted by Crippen LogP contribution is 2.17. The van der Waals surface area contributed by atoms with Crippen LogP contribution in [0.2, 0.25) is 0 Å². The van der Waals surface area contributed by atoms with Gasteiger partial charge in [-0.2, -0.15) is 12.6 Å². The molecule has 2 aromatic rings. The summed E-state index contributed by atoms with van der Waals surface area (Å²) in [5.41, 5.74) is 1.19. The summed E-state index contributed by atoms with van der Waals surface area (Å²) in [6, 6.07) is 9.99. The largest absolute Gasteiger partial charge is 0.369 e. The minimum absolute atomic E-state index is 0.713. The first-order valence-electron chi connectivity index (χ1n) is 5.93. The third kappa shape index (κ3) is 4.40. The van der Waals surface area contributed by atoms with Crippen molar-refractivity contribution in [1.82, 2.24) is 9.97 Å². The van der Waals surface area contributed by atoms with Gasteiger partial charge in [0.15, 0.2) is 0 Å². The van der Waals surface area contributed by atoms with Crippen molar-refractivity contribution in [2.45, 2.75) is 6.54 Å². The summed E-state index contributed by atoms with van der Waals surface area (Å²) in [5, 5.41) is 6.45. The average Bonchev–Trinajstić information content (AvgIpc) is 2.45. The molecule has 0 saturated heterocycles. The quantitative estimate of drug-likeness (QED) is 0.708. The lowest BCUT2D eigenvalue weighted by Gasteiger charge is -2.09. The van der Waals surface area contributed by atoms with E-state index in [1.54, 1.807) is 6.33 Å². The van der Waals surface area contributed by atoms with Gasteiger partial charge >= 0.3 is 0 Å². The number of anilines is 2. The lowest BCUT2D eigenvalue weighted by molar-refractivity contribution is 1.06. The Kier molecular flexibility index (Phi) is 5.47. The summed E-state index contributed by atoms with van der Waals surface area (Å²) in [5.74, 6) is 2.37. The molecule has 0 aliphatic heterocycles. The van der Waals surface area contributed by atoms with Crippen molar-refractivity contribution in [2.24, 2.45) is 0 Å². The van der Waals surface area contributed by atoms with Crippen LogP contribution in [0.4, 0.5) is 11.6 Å². The predicted octanol–water partition coefficient (Wildman–Crippen LogP) is 3.19. The fourth-order valence-corrected chi connectivity index (χ4v) is 2.10. The molecule has 0 aliphatic rings. The van der Waals surface area contributed by atoms with Crippen molar-refractivity contribution in [3.63, 3.8) is 0 Å². The van der Waals surface area contributed by atoms with Crippen LogP contribution in [0.1, 0.15) is 5.56 Å². The van der Waals surface area contributed by atoms with Crippen molar-refractivity contribution in [1.29, 1.82) is 0 Å². The first-order valence-corrected chi connectivity index (χ1v) is 7.36. The van der Waals surface area contributed by atoms with Crippen molar-refractivity contribution >= 4 is 40.2 Å². The highest BCUT2D eigenvalue weighted by atomic mass is 79.9. The molecule has 0 radical (unpaired) electrons. The van der Waals surface area contributed by atoms with Gasteiger partial charge in [0.1, 0.15) is 18.0 Å². The van der Waals surface area contributed by atoms with Gasteiger partial charge in [-0.1, -0.05) is 34.1 Å². The Labute approximate surface area is 126 Å². The van der Waals surface area contributed by atoms with Gasteiger partial charge in [0.25, 0.3) is 0 Å². The fourth-order valence-electron chi connectivity index (χ4n) is 1.56. The van der Waals surface area contributed by atoms with E-state index in [1.807, 2.05) is 24.3 Å². The average molecular weight is 339 g/mol. The second-order valence-electron chi connectivity index (χ2n) is 3.88. The van der Waals surface area contributed by atoms with Crippen molar-refractivity contribution in [3.8, 4) is 0 Å². The van der Waals surface area contributed by atoms with Crippen LogP contribution in [0.15, 0.2) is 41.1 Å². The molecule has 2 rings (SSSR count). The Morgan fingerprint density at radius 3 is 2.58 bits per heavy atom. The van der Waals surface area contributed by atoms with Crippen molar-refractivity contribution < 1.29 is 0 Å². The number of aromatic nitrogens is 2. The van der Waals surface area contributed by atoms with Crippen LogP contribution in [0.3, 0.4) is 0 Å². The van der Waals surface area contributed by atoms with Gasteiger partial charge in [-0.3, -0.25) is 0 Å². The summed E-state index contributed by atoms with van der Waals surface area (Å²) in [6.45, 7) is 1.49. The van der Waals surface area contributed by atoms with Gasteiger partial charge in [0.05, 0.1) is 0 Å². The minimum Gasteiger partial charge on any atom is -0.369 e. The topological polar surface area (TPSA) is 49.8 Å². The Morgan fingerprint density at radius 1 is 1.11 bits per heavy atom. The zero-order valence-corrected chi connectivity index (χ0v) is 12.8. The van der Waals surface area contributed by atoms with Crippen LogP contribution < -0.4 is 10.6 Å². The number of halogens is 1. The van der Waals surface area contributed by atoms with Crippen LogP contribution in [0.25, 0.3) is 0 Å². The van der Waals surface area contributed by atoms with Gasteiger partial charge in [-0.05, 0) is 11.6 Å². The third-order valence-corrected chi connectivity index (χ3v) is 3.50. The van der Waals surface area contributed by atoms with Gasteiger partial charge in [0, 0.05) is 29.4 Å². The standard InChI is InChI=1S/C13H15BrN4S/c14-11-4-2-1-3-10(11)8-16-13-7-12(15-5-6-19)17-9-18-13/h1-4,7,9,19H,5-6,8H2,(H2,15,16,17,18). The molecule has 2 N–H and O–H groups in total. The second-order valence-corrected chi connectivity index (χ2v) is 5.19. The predicted molar refractivity (Wildman–Crippen MR) is 85.8 cm³/mol. The van der Waals surface area contributed by atoms with Crippen LogP contribution >= 0.6 is 28.6 Å². The van der Waals surface area contributed by atoms with Crippen LogP contribution in [0.5, 0.6) is 0 Å². The molecule has 1 aromatic carbocycles. The monoisotopic (exact) mass is 338 g/mol. The molecule has 100 valence electrons. The molecule has 0 saturated carbocycles.